The molecule has 0 aliphatic heterocycles. The van der Waals surface area contributed by atoms with E-state index in [1.807, 2.05) is 24.3 Å². The summed E-state index contributed by atoms with van der Waals surface area (Å²) in [4.78, 5) is 12.6. The molecule has 1 aromatic rings. The van der Waals surface area contributed by atoms with Crippen molar-refractivity contribution < 1.29 is 9.53 Å². The van der Waals surface area contributed by atoms with Crippen LogP contribution in [0.4, 0.5) is 0 Å². The number of ether oxygens (including phenoxy) is 1. The maximum Gasteiger partial charge on any atom is 0.168 e. The summed E-state index contributed by atoms with van der Waals surface area (Å²) in [6.45, 7) is 2.13. The van der Waals surface area contributed by atoms with E-state index in [0.717, 1.165) is 30.6 Å². The third kappa shape index (κ3) is 2.21. The minimum Gasteiger partial charge on any atom is -0.497 e. The molecule has 1 fully saturated rings. The van der Waals surface area contributed by atoms with E-state index in [1.54, 1.807) is 7.11 Å². The van der Waals surface area contributed by atoms with Crippen LogP contribution in [-0.4, -0.2) is 12.9 Å². The van der Waals surface area contributed by atoms with Gasteiger partial charge in [-0.1, -0.05) is 19.8 Å². The van der Waals surface area contributed by atoms with Gasteiger partial charge in [0.15, 0.2) is 5.78 Å². The fourth-order valence-corrected chi connectivity index (χ4v) is 2.84. The SMILES string of the molecule is CCC1(C(=O)c2ccc(OC)cc2)CCCC1. The van der Waals surface area contributed by atoms with Gasteiger partial charge in [0, 0.05) is 11.0 Å². The first-order valence-corrected chi connectivity index (χ1v) is 6.41. The van der Waals surface area contributed by atoms with Crippen LogP contribution < -0.4 is 4.74 Å². The Morgan fingerprint density at radius 2 is 1.82 bits per heavy atom. The topological polar surface area (TPSA) is 26.3 Å². The Hall–Kier alpha value is -1.31. The van der Waals surface area contributed by atoms with Crippen LogP contribution in [0.2, 0.25) is 0 Å². The zero-order valence-electron chi connectivity index (χ0n) is 10.7. The van der Waals surface area contributed by atoms with Crippen molar-refractivity contribution >= 4 is 5.78 Å². The lowest BCUT2D eigenvalue weighted by atomic mass is 9.76. The van der Waals surface area contributed by atoms with Crippen molar-refractivity contribution in [1.82, 2.24) is 0 Å². The fourth-order valence-electron chi connectivity index (χ4n) is 2.84. The van der Waals surface area contributed by atoms with Gasteiger partial charge in [0.05, 0.1) is 7.11 Å². The van der Waals surface area contributed by atoms with Crippen LogP contribution in [0.1, 0.15) is 49.4 Å². The average Bonchev–Trinajstić information content (AvgIpc) is 2.88. The van der Waals surface area contributed by atoms with Gasteiger partial charge < -0.3 is 4.74 Å². The van der Waals surface area contributed by atoms with Gasteiger partial charge in [-0.3, -0.25) is 4.79 Å². The van der Waals surface area contributed by atoms with Crippen molar-refractivity contribution in [2.75, 3.05) is 7.11 Å². The van der Waals surface area contributed by atoms with E-state index >= 15 is 0 Å². The molecule has 1 aromatic carbocycles. The lowest BCUT2D eigenvalue weighted by molar-refractivity contribution is 0.0791. The normalized spacial score (nSPS) is 18.0. The van der Waals surface area contributed by atoms with Crippen molar-refractivity contribution in [1.29, 1.82) is 0 Å². The molecule has 0 saturated heterocycles. The van der Waals surface area contributed by atoms with Crippen LogP contribution in [0, 0.1) is 5.41 Å². The molecule has 2 nitrogen and oxygen atoms in total. The van der Waals surface area contributed by atoms with Crippen molar-refractivity contribution in [3.05, 3.63) is 29.8 Å². The van der Waals surface area contributed by atoms with Gasteiger partial charge in [0.25, 0.3) is 0 Å². The monoisotopic (exact) mass is 232 g/mol. The summed E-state index contributed by atoms with van der Waals surface area (Å²) in [6.07, 6.45) is 5.44. The van der Waals surface area contributed by atoms with Crippen molar-refractivity contribution in [3.63, 3.8) is 0 Å². The molecule has 2 heteroatoms. The molecule has 92 valence electrons. The van der Waals surface area contributed by atoms with Crippen LogP contribution in [0.25, 0.3) is 0 Å². The van der Waals surface area contributed by atoms with Gasteiger partial charge in [-0.2, -0.15) is 0 Å². The molecule has 0 amide bonds. The van der Waals surface area contributed by atoms with Crippen molar-refractivity contribution in [2.45, 2.75) is 39.0 Å². The van der Waals surface area contributed by atoms with Crippen molar-refractivity contribution in [3.8, 4) is 5.75 Å². The minimum absolute atomic E-state index is 0.0887. The molecular weight excluding hydrogens is 212 g/mol. The Balaban J connectivity index is 2.23. The van der Waals surface area contributed by atoms with E-state index in [1.165, 1.54) is 12.8 Å². The highest BCUT2D eigenvalue weighted by molar-refractivity contribution is 6.00. The molecule has 0 unspecified atom stereocenters. The summed E-state index contributed by atoms with van der Waals surface area (Å²) in [5.41, 5.74) is 0.740. The highest BCUT2D eigenvalue weighted by Gasteiger charge is 2.39. The van der Waals surface area contributed by atoms with Crippen LogP contribution in [0.5, 0.6) is 5.75 Å². The van der Waals surface area contributed by atoms with E-state index in [4.69, 9.17) is 4.74 Å². The van der Waals surface area contributed by atoms with E-state index in [0.29, 0.717) is 5.78 Å². The largest absolute Gasteiger partial charge is 0.497 e. The number of hydrogen-bond donors (Lipinski definition) is 0. The van der Waals surface area contributed by atoms with Crippen LogP contribution in [-0.2, 0) is 0 Å². The van der Waals surface area contributed by atoms with Gasteiger partial charge in [-0.05, 0) is 43.5 Å². The van der Waals surface area contributed by atoms with Gasteiger partial charge >= 0.3 is 0 Å². The fraction of sp³-hybridized carbons (Fsp3) is 0.533. The number of ketones is 1. The molecule has 0 radical (unpaired) electrons. The van der Waals surface area contributed by atoms with E-state index in [9.17, 15) is 4.79 Å². The lowest BCUT2D eigenvalue weighted by Gasteiger charge is -2.25. The summed E-state index contributed by atoms with van der Waals surface area (Å²) in [5.74, 6) is 1.12. The minimum atomic E-state index is -0.0887. The maximum absolute atomic E-state index is 12.6. The number of rotatable bonds is 4. The smallest absolute Gasteiger partial charge is 0.168 e. The average molecular weight is 232 g/mol. The molecule has 0 N–H and O–H groups in total. The second-order valence-corrected chi connectivity index (χ2v) is 4.90. The van der Waals surface area contributed by atoms with Crippen molar-refractivity contribution in [2.24, 2.45) is 5.41 Å². The lowest BCUT2D eigenvalue weighted by Crippen LogP contribution is -2.27. The van der Waals surface area contributed by atoms with Gasteiger partial charge in [-0.25, -0.2) is 0 Å². The molecule has 1 aliphatic carbocycles. The molecule has 0 bridgehead atoms. The van der Waals surface area contributed by atoms with Gasteiger partial charge in [0.1, 0.15) is 5.75 Å². The van der Waals surface area contributed by atoms with Gasteiger partial charge in [-0.15, -0.1) is 0 Å². The number of carbonyl (C=O) groups is 1. The second-order valence-electron chi connectivity index (χ2n) is 4.90. The van der Waals surface area contributed by atoms with Gasteiger partial charge in [0.2, 0.25) is 0 Å². The Morgan fingerprint density at radius 1 is 1.24 bits per heavy atom. The Bertz CT molecular complexity index is 386. The first-order valence-electron chi connectivity index (χ1n) is 6.41. The quantitative estimate of drug-likeness (QED) is 0.737. The second kappa shape index (κ2) is 4.91. The standard InChI is InChI=1S/C15H20O2/c1-3-15(10-4-5-11-15)14(16)12-6-8-13(17-2)9-7-12/h6-9H,3-5,10-11H2,1-2H3. The predicted molar refractivity (Wildman–Crippen MR) is 68.5 cm³/mol. The summed E-state index contributed by atoms with van der Waals surface area (Å²) >= 11 is 0. The number of Topliss-reactive ketones (excluding diaryl/α,β-unsaturated/α-hetero) is 1. The zero-order valence-corrected chi connectivity index (χ0v) is 10.7. The van der Waals surface area contributed by atoms with E-state index in [-0.39, 0.29) is 5.41 Å². The Morgan fingerprint density at radius 3 is 2.29 bits per heavy atom. The molecule has 2 rings (SSSR count). The van der Waals surface area contributed by atoms with E-state index < -0.39 is 0 Å². The molecule has 0 spiro atoms. The number of methoxy groups -OCH3 is 1. The van der Waals surface area contributed by atoms with Crippen LogP contribution in [0.3, 0.4) is 0 Å². The third-order valence-electron chi connectivity index (χ3n) is 4.07. The molecule has 1 saturated carbocycles. The molecule has 17 heavy (non-hydrogen) atoms. The predicted octanol–water partition coefficient (Wildman–Crippen LogP) is 3.85. The Labute approximate surface area is 103 Å². The summed E-state index contributed by atoms with van der Waals surface area (Å²) in [6, 6.07) is 7.50. The number of hydrogen-bond acceptors (Lipinski definition) is 2. The number of benzene rings is 1. The summed E-state index contributed by atoms with van der Waals surface area (Å²) in [7, 11) is 1.64. The highest BCUT2D eigenvalue weighted by atomic mass is 16.5. The van der Waals surface area contributed by atoms with E-state index in [2.05, 4.69) is 6.92 Å². The number of carbonyl (C=O) groups excluding carboxylic acids is 1. The molecule has 0 atom stereocenters. The van der Waals surface area contributed by atoms with Crippen LogP contribution >= 0.6 is 0 Å². The first kappa shape index (κ1) is 12.2. The summed E-state index contributed by atoms with van der Waals surface area (Å²) in [5, 5.41) is 0. The third-order valence-corrected chi connectivity index (χ3v) is 4.07. The maximum atomic E-state index is 12.6. The van der Waals surface area contributed by atoms with Crippen LogP contribution in [0.15, 0.2) is 24.3 Å². The summed E-state index contributed by atoms with van der Waals surface area (Å²) < 4.78 is 5.11. The molecule has 0 aromatic heterocycles. The molecule has 0 heterocycles. The zero-order chi connectivity index (χ0) is 12.3. The molecular formula is C15H20O2. The Kier molecular flexibility index (Phi) is 3.51. The molecule has 1 aliphatic rings. The highest BCUT2D eigenvalue weighted by Crippen LogP contribution is 2.43. The first-order chi connectivity index (χ1) is 8.22.